The molecule has 1 amide bonds. The maximum absolute atomic E-state index is 10.7. The summed E-state index contributed by atoms with van der Waals surface area (Å²) >= 11 is 0. The van der Waals surface area contributed by atoms with Gasteiger partial charge in [0.2, 0.25) is 5.91 Å². The molecule has 0 aliphatic heterocycles. The van der Waals surface area contributed by atoms with Crippen LogP contribution in [-0.2, 0) is 11.4 Å². The topological polar surface area (TPSA) is 104 Å². The Morgan fingerprint density at radius 1 is 1.41 bits per heavy atom. The molecular weight excluding hydrogens is 222 g/mol. The van der Waals surface area contributed by atoms with Gasteiger partial charge in [0.25, 0.3) is 0 Å². The number of amides is 1. The zero-order chi connectivity index (χ0) is 13.0. The fourth-order valence-electron chi connectivity index (χ4n) is 1.72. The summed E-state index contributed by atoms with van der Waals surface area (Å²) in [4.78, 5) is 10.7. The summed E-state index contributed by atoms with van der Waals surface area (Å²) in [6, 6.07) is 5.05. The molecule has 0 bridgehead atoms. The van der Waals surface area contributed by atoms with Crippen molar-refractivity contribution in [2.75, 3.05) is 0 Å². The Balaban J connectivity index is 2.95. The summed E-state index contributed by atoms with van der Waals surface area (Å²) in [5.41, 5.74) is 6.82. The molecule has 1 aromatic carbocycles. The van der Waals surface area contributed by atoms with Crippen molar-refractivity contribution in [2.45, 2.75) is 32.2 Å². The van der Waals surface area contributed by atoms with E-state index in [1.54, 1.807) is 25.1 Å². The van der Waals surface area contributed by atoms with E-state index in [1.807, 2.05) is 0 Å². The van der Waals surface area contributed by atoms with Gasteiger partial charge in [-0.1, -0.05) is 18.2 Å². The molecule has 0 radical (unpaired) electrons. The van der Waals surface area contributed by atoms with Crippen LogP contribution in [0.4, 0.5) is 0 Å². The van der Waals surface area contributed by atoms with Crippen molar-refractivity contribution >= 4 is 5.91 Å². The fraction of sp³-hybridized carbons (Fsp3) is 0.417. The van der Waals surface area contributed by atoms with Gasteiger partial charge in [-0.15, -0.1) is 0 Å². The number of rotatable bonds is 5. The molecule has 5 heteroatoms. The highest BCUT2D eigenvalue weighted by molar-refractivity contribution is 5.74. The van der Waals surface area contributed by atoms with Crippen molar-refractivity contribution in [2.24, 2.45) is 5.73 Å². The minimum Gasteiger partial charge on any atom is -0.392 e. The summed E-state index contributed by atoms with van der Waals surface area (Å²) in [6.45, 7) is 1.60. The zero-order valence-electron chi connectivity index (χ0n) is 9.63. The number of hydrogen-bond acceptors (Lipinski definition) is 4. The number of benzene rings is 1. The molecular formula is C12H17NO4. The van der Waals surface area contributed by atoms with Gasteiger partial charge in [-0.05, 0) is 23.6 Å². The molecule has 0 aromatic heterocycles. The van der Waals surface area contributed by atoms with Gasteiger partial charge >= 0.3 is 0 Å². The second kappa shape index (κ2) is 5.77. The predicted octanol–water partition coefficient (Wildman–Crippen LogP) is -0.243. The average Bonchev–Trinajstić information content (AvgIpc) is 2.27. The molecule has 5 nitrogen and oxygen atoms in total. The van der Waals surface area contributed by atoms with Gasteiger partial charge in [-0.3, -0.25) is 4.79 Å². The first-order valence-corrected chi connectivity index (χ1v) is 5.31. The van der Waals surface area contributed by atoms with E-state index in [1.165, 1.54) is 0 Å². The summed E-state index contributed by atoms with van der Waals surface area (Å²) < 4.78 is 0. The SMILES string of the molecule is Cc1c(CO)cccc1C(O)C(O)CC(N)=O. The van der Waals surface area contributed by atoms with Gasteiger partial charge in [-0.2, -0.15) is 0 Å². The van der Waals surface area contributed by atoms with Gasteiger partial charge in [-0.25, -0.2) is 0 Å². The van der Waals surface area contributed by atoms with Crippen LogP contribution in [0.2, 0.25) is 0 Å². The second-order valence-corrected chi connectivity index (χ2v) is 3.97. The Labute approximate surface area is 99.5 Å². The third kappa shape index (κ3) is 3.26. The van der Waals surface area contributed by atoms with Crippen LogP contribution in [0.1, 0.15) is 29.2 Å². The number of primary amides is 1. The summed E-state index contributed by atoms with van der Waals surface area (Å²) in [5.74, 6) is -0.674. The molecule has 0 saturated heterocycles. The van der Waals surface area contributed by atoms with Crippen LogP contribution in [0.5, 0.6) is 0 Å². The first kappa shape index (κ1) is 13.6. The molecule has 1 aromatic rings. The van der Waals surface area contributed by atoms with Gasteiger partial charge in [0.15, 0.2) is 0 Å². The lowest BCUT2D eigenvalue weighted by molar-refractivity contribution is -0.121. The highest BCUT2D eigenvalue weighted by Crippen LogP contribution is 2.24. The molecule has 2 atom stereocenters. The van der Waals surface area contributed by atoms with Crippen LogP contribution in [0.15, 0.2) is 18.2 Å². The predicted molar refractivity (Wildman–Crippen MR) is 61.9 cm³/mol. The summed E-state index contributed by atoms with van der Waals surface area (Å²) in [5, 5.41) is 28.6. The summed E-state index contributed by atoms with van der Waals surface area (Å²) in [7, 11) is 0. The molecule has 0 aliphatic carbocycles. The average molecular weight is 239 g/mol. The molecule has 1 rings (SSSR count). The lowest BCUT2D eigenvalue weighted by Crippen LogP contribution is -2.26. The van der Waals surface area contributed by atoms with Crippen LogP contribution in [-0.4, -0.2) is 27.3 Å². The van der Waals surface area contributed by atoms with Crippen molar-refractivity contribution in [1.29, 1.82) is 0 Å². The van der Waals surface area contributed by atoms with E-state index in [9.17, 15) is 15.0 Å². The van der Waals surface area contributed by atoms with E-state index in [2.05, 4.69) is 0 Å². The number of hydrogen-bond donors (Lipinski definition) is 4. The molecule has 0 fully saturated rings. The third-order valence-corrected chi connectivity index (χ3v) is 2.75. The first-order valence-electron chi connectivity index (χ1n) is 5.31. The molecule has 5 N–H and O–H groups in total. The molecule has 0 saturated carbocycles. The Bertz CT molecular complexity index is 405. The minimum atomic E-state index is -1.24. The van der Waals surface area contributed by atoms with Crippen molar-refractivity contribution in [3.63, 3.8) is 0 Å². The highest BCUT2D eigenvalue weighted by atomic mass is 16.3. The lowest BCUT2D eigenvalue weighted by atomic mass is 9.94. The van der Waals surface area contributed by atoms with E-state index in [0.29, 0.717) is 16.7 Å². The molecule has 0 heterocycles. The second-order valence-electron chi connectivity index (χ2n) is 3.97. The number of aliphatic hydroxyl groups is 3. The third-order valence-electron chi connectivity index (χ3n) is 2.75. The smallest absolute Gasteiger partial charge is 0.220 e. The van der Waals surface area contributed by atoms with Crippen LogP contribution >= 0.6 is 0 Å². The molecule has 0 spiro atoms. The van der Waals surface area contributed by atoms with Crippen LogP contribution in [0.3, 0.4) is 0 Å². The van der Waals surface area contributed by atoms with Gasteiger partial charge in [0.05, 0.1) is 19.1 Å². The normalized spacial score (nSPS) is 14.4. The van der Waals surface area contributed by atoms with E-state index >= 15 is 0 Å². The zero-order valence-corrected chi connectivity index (χ0v) is 9.63. The van der Waals surface area contributed by atoms with E-state index in [0.717, 1.165) is 0 Å². The number of carbonyl (C=O) groups excluding carboxylic acids is 1. The highest BCUT2D eigenvalue weighted by Gasteiger charge is 2.22. The lowest BCUT2D eigenvalue weighted by Gasteiger charge is -2.20. The Hall–Kier alpha value is -1.43. The standard InChI is InChI=1S/C12H17NO4/c1-7-8(6-14)3-2-4-9(7)12(17)10(15)5-11(13)16/h2-4,10,12,14-15,17H,5-6H2,1H3,(H2,13,16). The van der Waals surface area contributed by atoms with Gasteiger partial charge < -0.3 is 21.1 Å². The number of carbonyl (C=O) groups is 1. The maximum Gasteiger partial charge on any atom is 0.220 e. The monoisotopic (exact) mass is 239 g/mol. The Morgan fingerprint density at radius 3 is 2.59 bits per heavy atom. The van der Waals surface area contributed by atoms with Crippen molar-refractivity contribution in [1.82, 2.24) is 0 Å². The summed E-state index contributed by atoms with van der Waals surface area (Å²) in [6.07, 6.45) is -2.72. The maximum atomic E-state index is 10.7. The van der Waals surface area contributed by atoms with Crippen LogP contribution in [0.25, 0.3) is 0 Å². The number of aliphatic hydroxyl groups excluding tert-OH is 3. The molecule has 2 unspecified atom stereocenters. The van der Waals surface area contributed by atoms with Crippen LogP contribution in [0, 0.1) is 6.92 Å². The Kier molecular flexibility index (Phi) is 4.62. The van der Waals surface area contributed by atoms with Crippen LogP contribution < -0.4 is 5.73 Å². The van der Waals surface area contributed by atoms with Crippen molar-refractivity contribution < 1.29 is 20.1 Å². The number of nitrogens with two attached hydrogens (primary N) is 1. The molecule has 94 valence electrons. The van der Waals surface area contributed by atoms with Gasteiger partial charge in [0, 0.05) is 0 Å². The first-order chi connectivity index (χ1) is 7.97. The van der Waals surface area contributed by atoms with E-state index in [4.69, 9.17) is 10.8 Å². The Morgan fingerprint density at radius 2 is 2.06 bits per heavy atom. The van der Waals surface area contributed by atoms with Gasteiger partial charge in [0.1, 0.15) is 6.10 Å². The fourth-order valence-corrected chi connectivity index (χ4v) is 1.72. The quantitative estimate of drug-likeness (QED) is 0.569. The van der Waals surface area contributed by atoms with Crippen molar-refractivity contribution in [3.8, 4) is 0 Å². The van der Waals surface area contributed by atoms with E-state index < -0.39 is 18.1 Å². The van der Waals surface area contributed by atoms with Crippen molar-refractivity contribution in [3.05, 3.63) is 34.9 Å². The largest absolute Gasteiger partial charge is 0.392 e. The molecule has 17 heavy (non-hydrogen) atoms. The minimum absolute atomic E-state index is 0.141. The molecule has 0 aliphatic rings. The van der Waals surface area contributed by atoms with E-state index in [-0.39, 0.29) is 13.0 Å².